The van der Waals surface area contributed by atoms with Gasteiger partial charge < -0.3 is 5.43 Å². The van der Waals surface area contributed by atoms with Gasteiger partial charge in [0.25, 0.3) is 0 Å². The number of hydrogen-bond donors (Lipinski definition) is 1. The molecule has 0 radical (unpaired) electrons. The van der Waals surface area contributed by atoms with Crippen molar-refractivity contribution in [3.63, 3.8) is 0 Å². The predicted octanol–water partition coefficient (Wildman–Crippen LogP) is 4.98. The smallest absolute Gasteiger partial charge is 0.0839 e. The Balaban J connectivity index is 1.84. The summed E-state index contributed by atoms with van der Waals surface area (Å²) in [6.45, 7) is 0. The molecule has 1 aliphatic carbocycles. The summed E-state index contributed by atoms with van der Waals surface area (Å²) in [5.74, 6) is 0. The van der Waals surface area contributed by atoms with Gasteiger partial charge in [0.2, 0.25) is 0 Å². The van der Waals surface area contributed by atoms with Crippen molar-refractivity contribution < 1.29 is 0 Å². The van der Waals surface area contributed by atoms with Crippen molar-refractivity contribution >= 4 is 5.71 Å². The molecule has 2 heteroatoms. The van der Waals surface area contributed by atoms with Gasteiger partial charge >= 0.3 is 0 Å². The van der Waals surface area contributed by atoms with Crippen LogP contribution in [0.4, 0.5) is 0 Å². The van der Waals surface area contributed by atoms with E-state index in [0.717, 1.165) is 6.42 Å². The third-order valence-electron chi connectivity index (χ3n) is 5.49. The number of benzene rings is 2. The molecule has 2 aliphatic rings. The minimum atomic E-state index is 0.0169. The van der Waals surface area contributed by atoms with E-state index in [4.69, 9.17) is 5.10 Å². The Hall–Kier alpha value is -2.09. The highest BCUT2D eigenvalue weighted by molar-refractivity contribution is 5.97. The van der Waals surface area contributed by atoms with Gasteiger partial charge in [-0.2, -0.15) is 5.10 Å². The van der Waals surface area contributed by atoms with E-state index in [9.17, 15) is 0 Å². The molecule has 1 fully saturated rings. The molecule has 0 amide bonds. The molecule has 4 rings (SSSR count). The normalized spacial score (nSPS) is 27.3. The average molecular weight is 304 g/mol. The van der Waals surface area contributed by atoms with Crippen molar-refractivity contribution in [1.29, 1.82) is 0 Å². The summed E-state index contributed by atoms with van der Waals surface area (Å²) in [7, 11) is 0. The predicted molar refractivity (Wildman–Crippen MR) is 95.6 cm³/mol. The summed E-state index contributed by atoms with van der Waals surface area (Å²) in [6, 6.07) is 22.1. The topological polar surface area (TPSA) is 24.4 Å². The van der Waals surface area contributed by atoms with E-state index in [2.05, 4.69) is 66.1 Å². The Kier molecular flexibility index (Phi) is 3.90. The molecule has 1 heterocycles. The second-order valence-electron chi connectivity index (χ2n) is 6.78. The minimum absolute atomic E-state index is 0.0169. The molecule has 23 heavy (non-hydrogen) atoms. The summed E-state index contributed by atoms with van der Waals surface area (Å²) in [4.78, 5) is 0. The van der Waals surface area contributed by atoms with E-state index in [1.807, 2.05) is 0 Å². The van der Waals surface area contributed by atoms with Gasteiger partial charge in [-0.05, 0) is 30.4 Å². The molecule has 1 aliphatic heterocycles. The molecular weight excluding hydrogens is 280 g/mol. The third-order valence-corrected chi connectivity index (χ3v) is 5.49. The molecule has 1 N–H and O–H groups in total. The van der Waals surface area contributed by atoms with Gasteiger partial charge in [0.15, 0.2) is 0 Å². The first-order valence-corrected chi connectivity index (χ1v) is 8.84. The molecule has 0 unspecified atom stereocenters. The maximum Gasteiger partial charge on any atom is 0.0839 e. The average Bonchev–Trinajstić information content (AvgIpc) is 2.95. The maximum atomic E-state index is 4.83. The van der Waals surface area contributed by atoms with Crippen LogP contribution in [0.5, 0.6) is 0 Å². The van der Waals surface area contributed by atoms with E-state index in [1.54, 1.807) is 0 Å². The van der Waals surface area contributed by atoms with Crippen LogP contribution in [0.2, 0.25) is 0 Å². The highest BCUT2D eigenvalue weighted by Crippen LogP contribution is 2.48. The number of nitrogens with zero attached hydrogens (tertiary/aromatic N) is 1. The van der Waals surface area contributed by atoms with Gasteiger partial charge in [-0.3, -0.25) is 0 Å². The molecule has 1 saturated carbocycles. The standard InChI is InChI=1S/C21H24N2/c1-2-10-16-21(18-13-7-4-8-14-18)19(15-9-1)22-23-20(21)17-11-5-3-6-12-17/h3-8,11-14,20,23H,1-2,9-10,15-16H2/t20-,21-/m1/s1. The second-order valence-corrected chi connectivity index (χ2v) is 6.78. The minimum Gasteiger partial charge on any atom is -0.301 e. The summed E-state index contributed by atoms with van der Waals surface area (Å²) in [5, 5.41) is 4.83. The van der Waals surface area contributed by atoms with Crippen LogP contribution >= 0.6 is 0 Å². The van der Waals surface area contributed by atoms with Crippen molar-refractivity contribution in [3.05, 3.63) is 71.8 Å². The lowest BCUT2D eigenvalue weighted by Crippen LogP contribution is -2.41. The summed E-state index contributed by atoms with van der Waals surface area (Å²) in [6.07, 6.45) is 7.51. The molecular formula is C21H24N2. The Morgan fingerprint density at radius 2 is 1.52 bits per heavy atom. The largest absolute Gasteiger partial charge is 0.301 e. The quantitative estimate of drug-likeness (QED) is 0.831. The highest BCUT2D eigenvalue weighted by atomic mass is 15.3. The summed E-state index contributed by atoms with van der Waals surface area (Å²) < 4.78 is 0. The molecule has 0 saturated heterocycles. The van der Waals surface area contributed by atoms with Crippen LogP contribution < -0.4 is 5.43 Å². The van der Waals surface area contributed by atoms with Crippen LogP contribution in [-0.4, -0.2) is 5.71 Å². The summed E-state index contributed by atoms with van der Waals surface area (Å²) >= 11 is 0. The van der Waals surface area contributed by atoms with E-state index >= 15 is 0 Å². The Bertz CT molecular complexity index is 678. The van der Waals surface area contributed by atoms with Gasteiger partial charge in [0, 0.05) is 0 Å². The van der Waals surface area contributed by atoms with Gasteiger partial charge in [0.1, 0.15) is 0 Å². The fourth-order valence-electron chi connectivity index (χ4n) is 4.35. The number of rotatable bonds is 2. The maximum absolute atomic E-state index is 4.83. The van der Waals surface area contributed by atoms with E-state index in [0.29, 0.717) is 0 Å². The molecule has 0 bridgehead atoms. The van der Waals surface area contributed by atoms with Crippen molar-refractivity contribution in [3.8, 4) is 0 Å². The first kappa shape index (κ1) is 14.5. The number of fused-ring (bicyclic) bond motifs is 1. The molecule has 2 nitrogen and oxygen atoms in total. The highest BCUT2D eigenvalue weighted by Gasteiger charge is 2.48. The SMILES string of the molecule is c1ccc([C@H]2NN=C3CCCCCC[C@@]32c2ccccc2)cc1. The molecule has 0 aromatic heterocycles. The number of nitrogens with one attached hydrogen (secondary N) is 1. The van der Waals surface area contributed by atoms with Gasteiger partial charge in [-0.1, -0.05) is 79.9 Å². The van der Waals surface area contributed by atoms with Crippen LogP contribution in [-0.2, 0) is 5.41 Å². The molecule has 2 aromatic rings. The van der Waals surface area contributed by atoms with Crippen LogP contribution in [0.3, 0.4) is 0 Å². The Morgan fingerprint density at radius 1 is 0.826 bits per heavy atom. The lowest BCUT2D eigenvalue weighted by molar-refractivity contribution is 0.377. The van der Waals surface area contributed by atoms with Crippen LogP contribution in [0, 0.1) is 0 Å². The van der Waals surface area contributed by atoms with E-state index in [1.165, 1.54) is 48.9 Å². The third kappa shape index (κ3) is 2.46. The Morgan fingerprint density at radius 3 is 2.30 bits per heavy atom. The monoisotopic (exact) mass is 304 g/mol. The molecule has 0 spiro atoms. The zero-order valence-corrected chi connectivity index (χ0v) is 13.5. The summed E-state index contributed by atoms with van der Waals surface area (Å²) in [5.41, 5.74) is 7.63. The number of hydrogen-bond acceptors (Lipinski definition) is 2. The number of hydrazone groups is 1. The zero-order valence-electron chi connectivity index (χ0n) is 13.5. The lowest BCUT2D eigenvalue weighted by atomic mass is 9.64. The first-order valence-electron chi connectivity index (χ1n) is 8.84. The fourth-order valence-corrected chi connectivity index (χ4v) is 4.35. The molecule has 118 valence electrons. The first-order chi connectivity index (χ1) is 11.4. The second kappa shape index (κ2) is 6.19. The molecule has 2 atom stereocenters. The van der Waals surface area contributed by atoms with Crippen molar-refractivity contribution in [2.45, 2.75) is 50.0 Å². The van der Waals surface area contributed by atoms with Gasteiger partial charge in [0.05, 0.1) is 17.2 Å². The van der Waals surface area contributed by atoms with E-state index in [-0.39, 0.29) is 11.5 Å². The van der Waals surface area contributed by atoms with Crippen LogP contribution in [0.25, 0.3) is 0 Å². The van der Waals surface area contributed by atoms with Crippen molar-refractivity contribution in [1.82, 2.24) is 5.43 Å². The van der Waals surface area contributed by atoms with Gasteiger partial charge in [-0.15, -0.1) is 0 Å². The fraction of sp³-hybridized carbons (Fsp3) is 0.381. The van der Waals surface area contributed by atoms with Crippen LogP contribution in [0.15, 0.2) is 65.8 Å². The van der Waals surface area contributed by atoms with Crippen molar-refractivity contribution in [2.75, 3.05) is 0 Å². The van der Waals surface area contributed by atoms with E-state index < -0.39 is 0 Å². The van der Waals surface area contributed by atoms with Gasteiger partial charge in [-0.25, -0.2) is 0 Å². The molecule has 2 aromatic carbocycles. The Labute approximate surface area is 138 Å². The zero-order chi connectivity index (χ0) is 15.5. The lowest BCUT2D eigenvalue weighted by Gasteiger charge is -2.38. The van der Waals surface area contributed by atoms with Crippen molar-refractivity contribution in [2.24, 2.45) is 5.10 Å². The van der Waals surface area contributed by atoms with Crippen LogP contribution in [0.1, 0.15) is 55.7 Å².